The number of hydrogen-bond donors (Lipinski definition) is 2. The quantitative estimate of drug-likeness (QED) is 0.626. The molecule has 7 heteroatoms. The van der Waals surface area contributed by atoms with Gasteiger partial charge in [-0.25, -0.2) is 9.78 Å². The van der Waals surface area contributed by atoms with Crippen molar-refractivity contribution in [3.8, 4) is 0 Å². The van der Waals surface area contributed by atoms with Crippen LogP contribution in [0.4, 0.5) is 10.8 Å². The van der Waals surface area contributed by atoms with Gasteiger partial charge < -0.3 is 15.4 Å². The second kappa shape index (κ2) is 7.72. The number of esters is 1. The van der Waals surface area contributed by atoms with Crippen molar-refractivity contribution in [1.82, 2.24) is 4.98 Å². The number of carbonyl (C=O) groups excluding carboxylic acids is 1. The highest BCUT2D eigenvalue weighted by molar-refractivity contribution is 7.80. The Morgan fingerprint density at radius 1 is 1.29 bits per heavy atom. The number of aromatic nitrogens is 1. The molecular weight excluding hydrogens is 342 g/mol. The molecule has 0 aromatic carbocycles. The van der Waals surface area contributed by atoms with Crippen LogP contribution in [0.25, 0.3) is 0 Å². The number of carbonyl (C=O) groups is 1. The van der Waals surface area contributed by atoms with Crippen LogP contribution in [0.2, 0.25) is 0 Å². The lowest BCUT2D eigenvalue weighted by Crippen LogP contribution is -2.21. The first-order chi connectivity index (χ1) is 11.3. The second-order valence-electron chi connectivity index (χ2n) is 5.44. The Hall–Kier alpha value is -1.99. The number of thiophene rings is 1. The molecule has 0 aliphatic heterocycles. The molecule has 0 aliphatic rings. The number of hydrogen-bond acceptors (Lipinski definition) is 5. The monoisotopic (exact) mass is 363 g/mol. The van der Waals surface area contributed by atoms with Crippen LogP contribution in [0.5, 0.6) is 0 Å². The molecule has 0 saturated heterocycles. The van der Waals surface area contributed by atoms with Gasteiger partial charge in [-0.1, -0.05) is 6.92 Å². The third-order valence-electron chi connectivity index (χ3n) is 3.52. The fourth-order valence-electron chi connectivity index (χ4n) is 2.57. The van der Waals surface area contributed by atoms with Crippen molar-refractivity contribution in [3.63, 3.8) is 0 Å². The molecule has 0 unspecified atom stereocenters. The minimum Gasteiger partial charge on any atom is -0.465 e. The zero-order chi connectivity index (χ0) is 17.9. The number of aryl methyl sites for hydroxylation is 3. The maximum absolute atomic E-state index is 12.1. The van der Waals surface area contributed by atoms with E-state index in [9.17, 15) is 4.79 Å². The van der Waals surface area contributed by atoms with E-state index in [0.29, 0.717) is 21.5 Å². The normalized spacial score (nSPS) is 10.4. The number of ether oxygens (including phenoxy) is 1. The number of thiocarbonyl (C=S) groups is 1. The van der Waals surface area contributed by atoms with Crippen molar-refractivity contribution >= 4 is 45.5 Å². The van der Waals surface area contributed by atoms with Gasteiger partial charge in [-0.05, 0) is 62.7 Å². The fourth-order valence-corrected chi connectivity index (χ4v) is 3.98. The van der Waals surface area contributed by atoms with E-state index >= 15 is 0 Å². The Balaban J connectivity index is 2.24. The summed E-state index contributed by atoms with van der Waals surface area (Å²) in [5.74, 6) is 0.319. The summed E-state index contributed by atoms with van der Waals surface area (Å²) in [6.45, 7) is 7.94. The summed E-state index contributed by atoms with van der Waals surface area (Å²) in [4.78, 5) is 17.6. The molecule has 5 nitrogen and oxygen atoms in total. The minimum absolute atomic E-state index is 0.356. The van der Waals surface area contributed by atoms with Crippen LogP contribution >= 0.6 is 23.6 Å². The molecule has 0 fully saturated rings. The maximum Gasteiger partial charge on any atom is 0.341 e. The second-order valence-corrected chi connectivity index (χ2v) is 7.07. The van der Waals surface area contributed by atoms with Gasteiger partial charge in [-0.3, -0.25) is 0 Å². The van der Waals surface area contributed by atoms with Gasteiger partial charge in [0.15, 0.2) is 5.11 Å². The highest BCUT2D eigenvalue weighted by Crippen LogP contribution is 2.34. The molecule has 0 atom stereocenters. The summed E-state index contributed by atoms with van der Waals surface area (Å²) in [6.07, 6.45) is 0.757. The SMILES string of the molecule is CCc1c(C)sc(NC(=S)Nc2cc(C)cc(C)n2)c1C(=O)OC. The molecule has 2 rings (SSSR count). The van der Waals surface area contributed by atoms with Gasteiger partial charge in [0.2, 0.25) is 0 Å². The van der Waals surface area contributed by atoms with Gasteiger partial charge in [0, 0.05) is 10.6 Å². The lowest BCUT2D eigenvalue weighted by atomic mass is 10.1. The van der Waals surface area contributed by atoms with Crippen LogP contribution in [-0.4, -0.2) is 23.2 Å². The number of nitrogens with one attached hydrogen (secondary N) is 2. The number of rotatable bonds is 4. The minimum atomic E-state index is -0.356. The highest BCUT2D eigenvalue weighted by atomic mass is 32.1. The largest absolute Gasteiger partial charge is 0.465 e. The van der Waals surface area contributed by atoms with Crippen LogP contribution in [0.15, 0.2) is 12.1 Å². The van der Waals surface area contributed by atoms with Crippen LogP contribution in [0, 0.1) is 20.8 Å². The molecular formula is C17H21N3O2S2. The average molecular weight is 364 g/mol. The van der Waals surface area contributed by atoms with Crippen molar-refractivity contribution in [1.29, 1.82) is 0 Å². The third-order valence-corrected chi connectivity index (χ3v) is 4.79. The Bertz CT molecular complexity index is 764. The summed E-state index contributed by atoms with van der Waals surface area (Å²) >= 11 is 6.86. The van der Waals surface area contributed by atoms with E-state index in [-0.39, 0.29) is 5.97 Å². The molecule has 0 aliphatic carbocycles. The van der Waals surface area contributed by atoms with Gasteiger partial charge in [0.1, 0.15) is 10.8 Å². The van der Waals surface area contributed by atoms with Crippen molar-refractivity contribution in [2.75, 3.05) is 17.7 Å². The molecule has 2 N–H and O–H groups in total. The van der Waals surface area contributed by atoms with E-state index < -0.39 is 0 Å². The summed E-state index contributed by atoms with van der Waals surface area (Å²) in [5, 5.41) is 7.26. The van der Waals surface area contributed by atoms with Crippen LogP contribution in [0.3, 0.4) is 0 Å². The first kappa shape index (κ1) is 18.4. The molecule has 128 valence electrons. The Morgan fingerprint density at radius 2 is 2.00 bits per heavy atom. The highest BCUT2D eigenvalue weighted by Gasteiger charge is 2.22. The van der Waals surface area contributed by atoms with Gasteiger partial charge in [-0.15, -0.1) is 11.3 Å². The summed E-state index contributed by atoms with van der Waals surface area (Å²) in [6, 6.07) is 3.91. The van der Waals surface area contributed by atoms with Crippen LogP contribution < -0.4 is 10.6 Å². The van der Waals surface area contributed by atoms with Gasteiger partial charge in [-0.2, -0.15) is 0 Å². The molecule has 0 amide bonds. The summed E-state index contributed by atoms with van der Waals surface area (Å²) in [5.41, 5.74) is 3.56. The smallest absolute Gasteiger partial charge is 0.341 e. The third kappa shape index (κ3) is 4.10. The first-order valence-corrected chi connectivity index (χ1v) is 8.82. The van der Waals surface area contributed by atoms with E-state index in [4.69, 9.17) is 17.0 Å². The van der Waals surface area contributed by atoms with Crippen LogP contribution in [0.1, 0.15) is 39.0 Å². The standard InChI is InChI=1S/C17H21N3O2S2/c1-6-12-11(4)24-15(14(12)16(21)22-5)20-17(23)19-13-8-9(2)7-10(3)18-13/h7-8H,6H2,1-5H3,(H2,18,19,20,23). The van der Waals surface area contributed by atoms with Crippen molar-refractivity contribution in [2.24, 2.45) is 0 Å². The van der Waals surface area contributed by atoms with E-state index in [1.807, 2.05) is 39.8 Å². The lowest BCUT2D eigenvalue weighted by molar-refractivity contribution is 0.0601. The van der Waals surface area contributed by atoms with Gasteiger partial charge >= 0.3 is 5.97 Å². The summed E-state index contributed by atoms with van der Waals surface area (Å²) < 4.78 is 4.92. The maximum atomic E-state index is 12.1. The zero-order valence-electron chi connectivity index (χ0n) is 14.4. The number of anilines is 2. The van der Waals surface area contributed by atoms with E-state index in [0.717, 1.165) is 28.1 Å². The molecule has 2 aromatic heterocycles. The molecule has 0 saturated carbocycles. The summed E-state index contributed by atoms with van der Waals surface area (Å²) in [7, 11) is 1.38. The van der Waals surface area contributed by atoms with Crippen LogP contribution in [-0.2, 0) is 11.2 Å². The van der Waals surface area contributed by atoms with E-state index in [1.165, 1.54) is 18.4 Å². The molecule has 24 heavy (non-hydrogen) atoms. The Morgan fingerprint density at radius 3 is 2.58 bits per heavy atom. The number of methoxy groups -OCH3 is 1. The number of pyridine rings is 1. The molecule has 2 heterocycles. The molecule has 0 bridgehead atoms. The predicted molar refractivity (Wildman–Crippen MR) is 103 cm³/mol. The van der Waals surface area contributed by atoms with E-state index in [2.05, 4.69) is 15.6 Å². The molecule has 2 aromatic rings. The Kier molecular flexibility index (Phi) is 5.90. The zero-order valence-corrected chi connectivity index (χ0v) is 16.1. The molecule has 0 radical (unpaired) electrons. The average Bonchev–Trinajstić information content (AvgIpc) is 2.80. The molecule has 0 spiro atoms. The first-order valence-electron chi connectivity index (χ1n) is 7.59. The van der Waals surface area contributed by atoms with Crippen molar-refractivity contribution < 1.29 is 9.53 Å². The lowest BCUT2D eigenvalue weighted by Gasteiger charge is -2.11. The van der Waals surface area contributed by atoms with E-state index in [1.54, 1.807) is 0 Å². The fraction of sp³-hybridized carbons (Fsp3) is 0.353. The van der Waals surface area contributed by atoms with Gasteiger partial charge in [0.05, 0.1) is 12.7 Å². The predicted octanol–water partition coefficient (Wildman–Crippen LogP) is 4.23. The van der Waals surface area contributed by atoms with Crippen molar-refractivity contribution in [2.45, 2.75) is 34.1 Å². The topological polar surface area (TPSA) is 63.2 Å². The Labute approximate surface area is 151 Å². The van der Waals surface area contributed by atoms with Crippen molar-refractivity contribution in [3.05, 3.63) is 39.4 Å². The van der Waals surface area contributed by atoms with Gasteiger partial charge in [0.25, 0.3) is 0 Å². The number of nitrogens with zero attached hydrogens (tertiary/aromatic N) is 1.